The molecule has 1 aromatic heterocycles. The molecule has 0 bridgehead atoms. The normalized spacial score (nSPS) is 13.8. The summed E-state index contributed by atoms with van der Waals surface area (Å²) >= 11 is 9.79. The number of aliphatic carboxylic acids is 1. The van der Waals surface area contributed by atoms with Gasteiger partial charge in [-0.25, -0.2) is 8.42 Å². The van der Waals surface area contributed by atoms with Gasteiger partial charge in [0.1, 0.15) is 10.3 Å². The average Bonchev–Trinajstić information content (AvgIpc) is 2.56. The Morgan fingerprint density at radius 3 is 2.44 bits per heavy atom. The number of hydrogen-bond acceptors (Lipinski definition) is 4. The fourth-order valence-electron chi connectivity index (χ4n) is 1.16. The highest BCUT2D eigenvalue weighted by Gasteiger charge is 2.29. The lowest BCUT2D eigenvalue weighted by Crippen LogP contribution is -2.43. The van der Waals surface area contributed by atoms with E-state index in [1.807, 2.05) is 0 Å². The van der Waals surface area contributed by atoms with Crippen molar-refractivity contribution in [2.24, 2.45) is 5.92 Å². The molecule has 0 radical (unpaired) electrons. The maximum absolute atomic E-state index is 12.0. The molecule has 1 aromatic rings. The van der Waals surface area contributed by atoms with Gasteiger partial charge in [0, 0.05) is 0 Å². The standard InChI is InChI=1S/C9H11BrClNO4S2/c1-4(2)7(9(13)14)12-18(15,16)6-3-5(11)8(10)17-6/h3-4,7,12H,1-2H3,(H,13,14)/t7-/m0/s1. The molecule has 1 heterocycles. The zero-order valence-electron chi connectivity index (χ0n) is 9.48. The molecule has 0 aliphatic carbocycles. The number of nitrogens with one attached hydrogen (secondary N) is 1. The monoisotopic (exact) mass is 375 g/mol. The maximum atomic E-state index is 12.0. The highest BCUT2D eigenvalue weighted by Crippen LogP contribution is 2.34. The first kappa shape index (κ1) is 15.9. The molecule has 0 aromatic carbocycles. The van der Waals surface area contributed by atoms with Crippen LogP contribution >= 0.6 is 38.9 Å². The zero-order chi connectivity index (χ0) is 14.1. The number of sulfonamides is 1. The second-order valence-corrected chi connectivity index (χ2v) is 8.59. The lowest BCUT2D eigenvalue weighted by Gasteiger charge is -2.17. The average molecular weight is 377 g/mol. The minimum Gasteiger partial charge on any atom is -0.480 e. The topological polar surface area (TPSA) is 83.5 Å². The Kier molecular flexibility index (Phi) is 5.19. The van der Waals surface area contributed by atoms with Gasteiger partial charge in [0.25, 0.3) is 10.0 Å². The van der Waals surface area contributed by atoms with Crippen LogP contribution in [0.4, 0.5) is 0 Å². The van der Waals surface area contributed by atoms with Gasteiger partial charge >= 0.3 is 5.97 Å². The molecule has 1 atom stereocenters. The molecule has 18 heavy (non-hydrogen) atoms. The van der Waals surface area contributed by atoms with E-state index in [4.69, 9.17) is 16.7 Å². The second-order valence-electron chi connectivity index (χ2n) is 3.87. The predicted molar refractivity (Wildman–Crippen MR) is 73.6 cm³/mol. The highest BCUT2D eigenvalue weighted by molar-refractivity contribution is 9.11. The molecule has 0 aliphatic heterocycles. The van der Waals surface area contributed by atoms with Crippen molar-refractivity contribution in [3.63, 3.8) is 0 Å². The van der Waals surface area contributed by atoms with E-state index in [-0.39, 0.29) is 15.1 Å². The van der Waals surface area contributed by atoms with Crippen molar-refractivity contribution in [2.75, 3.05) is 0 Å². The summed E-state index contributed by atoms with van der Waals surface area (Å²) in [4.78, 5) is 11.0. The second kappa shape index (κ2) is 5.87. The van der Waals surface area contributed by atoms with Crippen LogP contribution in [0, 0.1) is 5.92 Å². The Morgan fingerprint density at radius 2 is 2.11 bits per heavy atom. The predicted octanol–water partition coefficient (Wildman–Crippen LogP) is 2.55. The largest absolute Gasteiger partial charge is 0.480 e. The van der Waals surface area contributed by atoms with Crippen LogP contribution in [0.2, 0.25) is 5.02 Å². The molecule has 0 saturated heterocycles. The van der Waals surface area contributed by atoms with Crippen molar-refractivity contribution in [2.45, 2.75) is 24.1 Å². The van der Waals surface area contributed by atoms with Gasteiger partial charge in [-0.15, -0.1) is 11.3 Å². The Balaban J connectivity index is 3.04. The van der Waals surface area contributed by atoms with Gasteiger partial charge < -0.3 is 5.11 Å². The number of hydrogen-bond donors (Lipinski definition) is 2. The molecule has 0 saturated carbocycles. The van der Waals surface area contributed by atoms with Crippen LogP contribution in [-0.2, 0) is 14.8 Å². The van der Waals surface area contributed by atoms with Crippen molar-refractivity contribution >= 4 is 54.9 Å². The Hall–Kier alpha value is -0.150. The van der Waals surface area contributed by atoms with Gasteiger partial charge in [0.05, 0.1) is 8.81 Å². The van der Waals surface area contributed by atoms with E-state index in [0.717, 1.165) is 11.3 Å². The molecule has 1 rings (SSSR count). The van der Waals surface area contributed by atoms with Gasteiger partial charge in [0.2, 0.25) is 0 Å². The summed E-state index contributed by atoms with van der Waals surface area (Å²) in [5, 5.41) is 9.23. The van der Waals surface area contributed by atoms with Crippen molar-refractivity contribution in [3.8, 4) is 0 Å². The molecule has 0 fully saturated rings. The van der Waals surface area contributed by atoms with Crippen molar-refractivity contribution < 1.29 is 18.3 Å². The van der Waals surface area contributed by atoms with Crippen LogP contribution in [0.3, 0.4) is 0 Å². The van der Waals surface area contributed by atoms with E-state index >= 15 is 0 Å². The van der Waals surface area contributed by atoms with Crippen LogP contribution in [0.25, 0.3) is 0 Å². The summed E-state index contributed by atoms with van der Waals surface area (Å²) in [6, 6.07) is 0.104. The number of carbonyl (C=O) groups is 1. The molecular weight excluding hydrogens is 366 g/mol. The molecule has 102 valence electrons. The number of carboxylic acid groups (broad SMARTS) is 1. The summed E-state index contributed by atoms with van der Waals surface area (Å²) < 4.78 is 26.6. The third-order valence-corrected chi connectivity index (χ3v) is 6.49. The lowest BCUT2D eigenvalue weighted by molar-refractivity contribution is -0.140. The van der Waals surface area contributed by atoms with Crippen molar-refractivity contribution in [3.05, 3.63) is 14.9 Å². The first-order valence-corrected chi connectivity index (χ1v) is 8.32. The number of thiophene rings is 1. The molecule has 0 aliphatic rings. The van der Waals surface area contributed by atoms with E-state index in [1.165, 1.54) is 6.07 Å². The van der Waals surface area contributed by atoms with Gasteiger partial charge in [-0.2, -0.15) is 4.72 Å². The van der Waals surface area contributed by atoms with E-state index in [9.17, 15) is 13.2 Å². The van der Waals surface area contributed by atoms with Crippen LogP contribution in [0.15, 0.2) is 14.1 Å². The first-order chi connectivity index (χ1) is 8.15. The molecule has 0 spiro atoms. The fourth-order valence-corrected chi connectivity index (χ4v) is 4.91. The van der Waals surface area contributed by atoms with E-state index in [2.05, 4.69) is 20.7 Å². The molecule has 5 nitrogen and oxygen atoms in total. The molecule has 0 unspecified atom stereocenters. The molecule has 2 N–H and O–H groups in total. The molecule has 0 amide bonds. The number of carboxylic acids is 1. The first-order valence-electron chi connectivity index (χ1n) is 4.85. The van der Waals surface area contributed by atoms with Gasteiger partial charge in [-0.1, -0.05) is 25.4 Å². The van der Waals surface area contributed by atoms with E-state index in [0.29, 0.717) is 3.79 Å². The van der Waals surface area contributed by atoms with Crippen molar-refractivity contribution in [1.82, 2.24) is 4.72 Å². The number of rotatable bonds is 5. The Morgan fingerprint density at radius 1 is 1.56 bits per heavy atom. The van der Waals surface area contributed by atoms with Crippen LogP contribution in [0.5, 0.6) is 0 Å². The highest BCUT2D eigenvalue weighted by atomic mass is 79.9. The Labute approximate surface area is 122 Å². The third kappa shape index (κ3) is 3.67. The van der Waals surface area contributed by atoms with Gasteiger partial charge in [0.15, 0.2) is 0 Å². The third-order valence-electron chi connectivity index (χ3n) is 2.10. The molecule has 9 heteroatoms. The number of halogens is 2. The molecular formula is C9H11BrClNO4S2. The minimum absolute atomic E-state index is 0.0220. The lowest BCUT2D eigenvalue weighted by atomic mass is 10.1. The summed E-state index contributed by atoms with van der Waals surface area (Å²) in [5.41, 5.74) is 0. The minimum atomic E-state index is -3.88. The SMILES string of the molecule is CC(C)[C@H](NS(=O)(=O)c1cc(Cl)c(Br)s1)C(=O)O. The van der Waals surface area contributed by atoms with Crippen LogP contribution in [-0.4, -0.2) is 25.5 Å². The smallest absolute Gasteiger partial charge is 0.322 e. The van der Waals surface area contributed by atoms with Gasteiger partial charge in [-0.3, -0.25) is 4.79 Å². The van der Waals surface area contributed by atoms with Gasteiger partial charge in [-0.05, 0) is 27.9 Å². The maximum Gasteiger partial charge on any atom is 0.322 e. The van der Waals surface area contributed by atoms with E-state index in [1.54, 1.807) is 13.8 Å². The van der Waals surface area contributed by atoms with Crippen LogP contribution < -0.4 is 4.72 Å². The summed E-state index contributed by atoms with van der Waals surface area (Å²) in [6.07, 6.45) is 0. The fraction of sp³-hybridized carbons (Fsp3) is 0.444. The summed E-state index contributed by atoms with van der Waals surface area (Å²) in [6.45, 7) is 3.25. The zero-order valence-corrected chi connectivity index (χ0v) is 13.5. The summed E-state index contributed by atoms with van der Waals surface area (Å²) in [7, 11) is -3.88. The summed E-state index contributed by atoms with van der Waals surface area (Å²) in [5.74, 6) is -1.58. The van der Waals surface area contributed by atoms with E-state index < -0.39 is 22.0 Å². The van der Waals surface area contributed by atoms with Crippen molar-refractivity contribution in [1.29, 1.82) is 0 Å². The quantitative estimate of drug-likeness (QED) is 0.827. The van der Waals surface area contributed by atoms with Crippen LogP contribution in [0.1, 0.15) is 13.8 Å². The Bertz CT molecular complexity index is 535.